The first-order valence-corrected chi connectivity index (χ1v) is 5.00. The minimum absolute atomic E-state index is 0.0162. The molecule has 0 unspecified atom stereocenters. The van der Waals surface area contributed by atoms with Crippen molar-refractivity contribution < 1.29 is 9.34 Å². The van der Waals surface area contributed by atoms with E-state index in [0.717, 1.165) is 0 Å². The molecular formula is C10H7N5O3. The van der Waals surface area contributed by atoms with Crippen LogP contribution in [0.15, 0.2) is 28.7 Å². The smallest absolute Gasteiger partial charge is 0.313 e. The molecule has 0 atom stereocenters. The number of H-pyrrole nitrogens is 1. The molecule has 18 heavy (non-hydrogen) atoms. The highest BCUT2D eigenvalue weighted by Gasteiger charge is 2.16. The van der Waals surface area contributed by atoms with Crippen molar-refractivity contribution in [3.05, 3.63) is 34.4 Å². The van der Waals surface area contributed by atoms with Crippen LogP contribution in [0.1, 0.15) is 0 Å². The van der Waals surface area contributed by atoms with E-state index in [1.807, 2.05) is 0 Å². The zero-order chi connectivity index (χ0) is 12.7. The first kappa shape index (κ1) is 10.3. The van der Waals surface area contributed by atoms with Crippen molar-refractivity contribution in [3.63, 3.8) is 0 Å². The topological polar surface area (TPSA) is 124 Å². The van der Waals surface area contributed by atoms with E-state index in [9.17, 15) is 10.1 Å². The predicted octanol–water partition coefficient (Wildman–Crippen LogP) is 1.71. The molecule has 0 fully saturated rings. The SMILES string of the molecule is Nc1nnc(-c2cc3c([N+](=O)[O-])cccc3[nH]2)o1. The van der Waals surface area contributed by atoms with E-state index in [1.165, 1.54) is 6.07 Å². The first-order chi connectivity index (χ1) is 8.65. The van der Waals surface area contributed by atoms with Crippen molar-refractivity contribution in [1.29, 1.82) is 0 Å². The summed E-state index contributed by atoms with van der Waals surface area (Å²) in [5, 5.41) is 18.6. The van der Waals surface area contributed by atoms with Crippen LogP contribution in [-0.4, -0.2) is 20.1 Å². The number of nitro groups is 1. The lowest BCUT2D eigenvalue weighted by atomic mass is 10.2. The molecule has 1 aromatic carbocycles. The Balaban J connectivity index is 2.22. The summed E-state index contributed by atoms with van der Waals surface area (Å²) < 4.78 is 5.05. The average Bonchev–Trinajstić information content (AvgIpc) is 2.93. The third kappa shape index (κ3) is 1.47. The zero-order valence-electron chi connectivity index (χ0n) is 8.95. The molecule has 90 valence electrons. The molecule has 8 nitrogen and oxygen atoms in total. The summed E-state index contributed by atoms with van der Waals surface area (Å²) in [4.78, 5) is 13.4. The number of rotatable bonds is 2. The molecule has 8 heteroatoms. The Morgan fingerprint density at radius 2 is 2.22 bits per heavy atom. The van der Waals surface area contributed by atoms with E-state index < -0.39 is 4.92 Å². The van der Waals surface area contributed by atoms with Gasteiger partial charge in [-0.2, -0.15) is 0 Å². The number of nitrogen functional groups attached to an aromatic ring is 1. The normalized spacial score (nSPS) is 10.9. The minimum Gasteiger partial charge on any atom is -0.402 e. The van der Waals surface area contributed by atoms with Gasteiger partial charge in [-0.15, -0.1) is 5.10 Å². The molecule has 0 aliphatic rings. The molecule has 0 amide bonds. The maximum absolute atomic E-state index is 10.9. The van der Waals surface area contributed by atoms with Crippen molar-refractivity contribution in [1.82, 2.24) is 15.2 Å². The second kappa shape index (κ2) is 3.55. The number of nitrogens with one attached hydrogen (secondary N) is 1. The lowest BCUT2D eigenvalue weighted by molar-refractivity contribution is -0.383. The number of hydrogen-bond donors (Lipinski definition) is 2. The first-order valence-electron chi connectivity index (χ1n) is 5.00. The van der Waals surface area contributed by atoms with Gasteiger partial charge in [0.05, 0.1) is 15.8 Å². The summed E-state index contributed by atoms with van der Waals surface area (Å²) in [7, 11) is 0. The number of nitro benzene ring substituents is 1. The molecule has 2 heterocycles. The van der Waals surface area contributed by atoms with Gasteiger partial charge in [0.2, 0.25) is 0 Å². The fraction of sp³-hybridized carbons (Fsp3) is 0. The number of non-ortho nitro benzene ring substituents is 1. The van der Waals surface area contributed by atoms with Gasteiger partial charge in [-0.25, -0.2) is 0 Å². The third-order valence-corrected chi connectivity index (χ3v) is 2.51. The van der Waals surface area contributed by atoms with Gasteiger partial charge >= 0.3 is 6.01 Å². The van der Waals surface area contributed by atoms with Crippen LogP contribution >= 0.6 is 0 Å². The maximum atomic E-state index is 10.9. The fourth-order valence-corrected chi connectivity index (χ4v) is 1.76. The number of aromatic nitrogens is 3. The molecule has 0 spiro atoms. The van der Waals surface area contributed by atoms with E-state index in [2.05, 4.69) is 15.2 Å². The molecule has 0 aliphatic carbocycles. The Labute approximate surface area is 99.6 Å². The monoisotopic (exact) mass is 245 g/mol. The lowest BCUT2D eigenvalue weighted by Gasteiger charge is -1.91. The number of nitrogens with two attached hydrogens (primary N) is 1. The Hall–Kier alpha value is -2.90. The molecule has 0 saturated heterocycles. The van der Waals surface area contributed by atoms with Crippen LogP contribution in [-0.2, 0) is 0 Å². The maximum Gasteiger partial charge on any atom is 0.313 e. The highest BCUT2D eigenvalue weighted by Crippen LogP contribution is 2.29. The Bertz CT molecular complexity index is 745. The van der Waals surface area contributed by atoms with Crippen LogP contribution in [0.25, 0.3) is 22.5 Å². The van der Waals surface area contributed by atoms with E-state index in [-0.39, 0.29) is 17.6 Å². The zero-order valence-corrected chi connectivity index (χ0v) is 8.95. The van der Waals surface area contributed by atoms with Crippen LogP contribution in [0, 0.1) is 10.1 Å². The van der Waals surface area contributed by atoms with Gasteiger partial charge in [-0.3, -0.25) is 10.1 Å². The van der Waals surface area contributed by atoms with Gasteiger partial charge in [0.1, 0.15) is 5.69 Å². The number of aromatic amines is 1. The molecule has 0 aliphatic heterocycles. The molecule has 2 aromatic heterocycles. The van der Waals surface area contributed by atoms with Gasteiger partial charge in [-0.05, 0) is 12.1 Å². The Morgan fingerprint density at radius 3 is 2.89 bits per heavy atom. The number of nitrogens with zero attached hydrogens (tertiary/aromatic N) is 3. The number of hydrogen-bond acceptors (Lipinski definition) is 6. The third-order valence-electron chi connectivity index (χ3n) is 2.51. The predicted molar refractivity (Wildman–Crippen MR) is 62.7 cm³/mol. The largest absolute Gasteiger partial charge is 0.402 e. The molecule has 0 saturated carbocycles. The molecule has 3 aromatic rings. The Kier molecular flexibility index (Phi) is 2.03. The average molecular weight is 245 g/mol. The summed E-state index contributed by atoms with van der Waals surface area (Å²) in [5.41, 5.74) is 6.45. The van der Waals surface area contributed by atoms with Gasteiger partial charge in [0, 0.05) is 6.07 Å². The summed E-state index contributed by atoms with van der Waals surface area (Å²) in [6.45, 7) is 0. The summed E-state index contributed by atoms with van der Waals surface area (Å²) in [5.74, 6) is 0.193. The highest BCUT2D eigenvalue weighted by molar-refractivity contribution is 5.92. The van der Waals surface area contributed by atoms with E-state index in [0.29, 0.717) is 16.6 Å². The van der Waals surface area contributed by atoms with E-state index in [1.54, 1.807) is 18.2 Å². The van der Waals surface area contributed by atoms with Gasteiger partial charge in [0.15, 0.2) is 0 Å². The lowest BCUT2D eigenvalue weighted by Crippen LogP contribution is -1.87. The van der Waals surface area contributed by atoms with Gasteiger partial charge in [0.25, 0.3) is 11.6 Å². The summed E-state index contributed by atoms with van der Waals surface area (Å²) in [6, 6.07) is 6.29. The van der Waals surface area contributed by atoms with Gasteiger partial charge in [-0.1, -0.05) is 11.2 Å². The fourth-order valence-electron chi connectivity index (χ4n) is 1.76. The number of fused-ring (bicyclic) bond motifs is 1. The number of anilines is 1. The number of benzene rings is 1. The minimum atomic E-state index is -0.442. The quantitative estimate of drug-likeness (QED) is 0.523. The van der Waals surface area contributed by atoms with Crippen molar-refractivity contribution in [2.75, 3.05) is 5.73 Å². The second-order valence-corrected chi connectivity index (χ2v) is 3.62. The van der Waals surface area contributed by atoms with E-state index in [4.69, 9.17) is 10.2 Å². The van der Waals surface area contributed by atoms with Gasteiger partial charge < -0.3 is 15.1 Å². The molecule has 3 rings (SSSR count). The standard InChI is InChI=1S/C10H7N5O3/c11-10-14-13-9(18-10)7-4-5-6(12-7)2-1-3-8(5)15(16)17/h1-4,12H,(H2,11,14). The second-order valence-electron chi connectivity index (χ2n) is 3.62. The van der Waals surface area contributed by atoms with Crippen LogP contribution in [0.4, 0.5) is 11.7 Å². The van der Waals surface area contributed by atoms with Crippen molar-refractivity contribution >= 4 is 22.6 Å². The van der Waals surface area contributed by atoms with Crippen LogP contribution in [0.5, 0.6) is 0 Å². The van der Waals surface area contributed by atoms with E-state index >= 15 is 0 Å². The van der Waals surface area contributed by atoms with Crippen molar-refractivity contribution in [2.45, 2.75) is 0 Å². The molecular weight excluding hydrogens is 238 g/mol. The Morgan fingerprint density at radius 1 is 1.39 bits per heavy atom. The highest BCUT2D eigenvalue weighted by atomic mass is 16.6. The molecule has 0 bridgehead atoms. The molecule has 0 radical (unpaired) electrons. The van der Waals surface area contributed by atoms with Crippen molar-refractivity contribution in [2.24, 2.45) is 0 Å². The van der Waals surface area contributed by atoms with Crippen LogP contribution < -0.4 is 5.73 Å². The van der Waals surface area contributed by atoms with Crippen LogP contribution in [0.2, 0.25) is 0 Å². The van der Waals surface area contributed by atoms with Crippen LogP contribution in [0.3, 0.4) is 0 Å². The summed E-state index contributed by atoms with van der Waals surface area (Å²) >= 11 is 0. The summed E-state index contributed by atoms with van der Waals surface area (Å²) in [6.07, 6.45) is 0. The molecule has 3 N–H and O–H groups in total. The van der Waals surface area contributed by atoms with Crippen molar-refractivity contribution in [3.8, 4) is 11.6 Å².